The quantitative estimate of drug-likeness (QED) is 0.545. The highest BCUT2D eigenvalue weighted by Gasteiger charge is 2.06. The summed E-state index contributed by atoms with van der Waals surface area (Å²) in [6, 6.07) is 0. The van der Waals surface area contributed by atoms with E-state index in [1.165, 1.54) is 0 Å². The fraction of sp³-hybridized carbons (Fsp3) is 0.800. The Hall–Kier alpha value is -1.10. The van der Waals surface area contributed by atoms with Crippen LogP contribution in [0.3, 0.4) is 0 Å². The third-order valence-electron chi connectivity index (χ3n) is 2.18. The molecule has 1 amide bonds. The number of hydrogen-bond donors (Lipinski definition) is 3. The third kappa shape index (κ3) is 9.21. The van der Waals surface area contributed by atoms with Crippen LogP contribution >= 0.6 is 0 Å². The highest BCUT2D eigenvalue weighted by molar-refractivity contribution is 5.75. The summed E-state index contributed by atoms with van der Waals surface area (Å²) in [6.45, 7) is 2.94. The van der Waals surface area contributed by atoms with Gasteiger partial charge in [0.1, 0.15) is 0 Å². The lowest BCUT2D eigenvalue weighted by atomic mass is 10.0. The van der Waals surface area contributed by atoms with Gasteiger partial charge in [-0.2, -0.15) is 0 Å². The predicted octanol–water partition coefficient (Wildman–Crippen LogP) is 0.342. The van der Waals surface area contributed by atoms with Crippen molar-refractivity contribution in [2.45, 2.75) is 32.6 Å². The van der Waals surface area contributed by atoms with E-state index in [4.69, 9.17) is 10.8 Å². The van der Waals surface area contributed by atoms with E-state index in [2.05, 4.69) is 5.32 Å². The Bertz CT molecular complexity index is 207. The van der Waals surface area contributed by atoms with Gasteiger partial charge >= 0.3 is 5.97 Å². The van der Waals surface area contributed by atoms with Crippen molar-refractivity contribution in [1.82, 2.24) is 5.32 Å². The number of nitrogens with two attached hydrogens (primary N) is 1. The van der Waals surface area contributed by atoms with E-state index >= 15 is 0 Å². The smallest absolute Gasteiger partial charge is 0.303 e. The standard InChI is InChI=1S/C10H20N2O3/c1-8(2-3-10(14)15)5-7-12-9(13)4-6-11/h8H,2-7,11H2,1H3,(H,12,13)(H,14,15). The highest BCUT2D eigenvalue weighted by Crippen LogP contribution is 2.08. The van der Waals surface area contributed by atoms with Gasteiger partial charge in [0.25, 0.3) is 0 Å². The first-order valence-electron chi connectivity index (χ1n) is 5.24. The molecule has 0 aliphatic rings. The van der Waals surface area contributed by atoms with Gasteiger partial charge in [-0.1, -0.05) is 6.92 Å². The molecule has 0 aliphatic heterocycles. The van der Waals surface area contributed by atoms with Crippen LogP contribution in [0.15, 0.2) is 0 Å². The van der Waals surface area contributed by atoms with Crippen molar-refractivity contribution in [3.8, 4) is 0 Å². The molecular formula is C10H20N2O3. The van der Waals surface area contributed by atoms with E-state index in [0.29, 0.717) is 31.8 Å². The minimum absolute atomic E-state index is 0.0389. The van der Waals surface area contributed by atoms with Crippen molar-refractivity contribution in [1.29, 1.82) is 0 Å². The fourth-order valence-electron chi connectivity index (χ4n) is 1.19. The molecule has 88 valence electrons. The maximum absolute atomic E-state index is 11.0. The van der Waals surface area contributed by atoms with Crippen LogP contribution in [0.1, 0.15) is 32.6 Å². The van der Waals surface area contributed by atoms with Gasteiger partial charge in [0.05, 0.1) is 0 Å². The Morgan fingerprint density at radius 1 is 1.33 bits per heavy atom. The topological polar surface area (TPSA) is 92.4 Å². The Labute approximate surface area is 90.0 Å². The zero-order valence-electron chi connectivity index (χ0n) is 9.16. The van der Waals surface area contributed by atoms with Gasteiger partial charge in [0, 0.05) is 25.9 Å². The van der Waals surface area contributed by atoms with Crippen molar-refractivity contribution < 1.29 is 14.7 Å². The number of carboxylic acids is 1. The molecule has 0 fully saturated rings. The first-order chi connectivity index (χ1) is 7.06. The van der Waals surface area contributed by atoms with Crippen molar-refractivity contribution in [2.75, 3.05) is 13.1 Å². The zero-order valence-corrected chi connectivity index (χ0v) is 9.16. The van der Waals surface area contributed by atoms with E-state index in [1.807, 2.05) is 6.92 Å². The summed E-state index contributed by atoms with van der Waals surface area (Å²) in [5, 5.41) is 11.2. The average molecular weight is 216 g/mol. The van der Waals surface area contributed by atoms with Gasteiger partial charge in [-0.15, -0.1) is 0 Å². The molecule has 0 rings (SSSR count). The molecule has 15 heavy (non-hydrogen) atoms. The minimum Gasteiger partial charge on any atom is -0.481 e. The minimum atomic E-state index is -0.769. The summed E-state index contributed by atoms with van der Waals surface area (Å²) >= 11 is 0. The Balaban J connectivity index is 3.41. The number of rotatable bonds is 8. The Morgan fingerprint density at radius 2 is 2.00 bits per heavy atom. The molecule has 0 spiro atoms. The van der Waals surface area contributed by atoms with Crippen LogP contribution in [-0.2, 0) is 9.59 Å². The lowest BCUT2D eigenvalue weighted by Gasteiger charge is -2.10. The lowest BCUT2D eigenvalue weighted by Crippen LogP contribution is -2.27. The number of carbonyl (C=O) groups is 2. The molecule has 0 radical (unpaired) electrons. The van der Waals surface area contributed by atoms with E-state index in [1.54, 1.807) is 0 Å². The number of hydrogen-bond acceptors (Lipinski definition) is 3. The summed E-state index contributed by atoms with van der Waals surface area (Å²) < 4.78 is 0. The van der Waals surface area contributed by atoms with Crippen LogP contribution in [0.25, 0.3) is 0 Å². The third-order valence-corrected chi connectivity index (χ3v) is 2.18. The monoisotopic (exact) mass is 216 g/mol. The average Bonchev–Trinajstić information content (AvgIpc) is 2.15. The van der Waals surface area contributed by atoms with Crippen LogP contribution in [-0.4, -0.2) is 30.1 Å². The van der Waals surface area contributed by atoms with Crippen LogP contribution in [0.4, 0.5) is 0 Å². The van der Waals surface area contributed by atoms with E-state index in [0.717, 1.165) is 6.42 Å². The van der Waals surface area contributed by atoms with E-state index in [-0.39, 0.29) is 12.3 Å². The number of carboxylic acid groups (broad SMARTS) is 1. The zero-order chi connectivity index (χ0) is 11.7. The first kappa shape index (κ1) is 13.9. The molecule has 0 saturated heterocycles. The lowest BCUT2D eigenvalue weighted by molar-refractivity contribution is -0.137. The fourth-order valence-corrected chi connectivity index (χ4v) is 1.19. The molecule has 5 heteroatoms. The molecule has 0 saturated carbocycles. The van der Waals surface area contributed by atoms with Gasteiger partial charge < -0.3 is 16.2 Å². The number of carbonyl (C=O) groups excluding carboxylic acids is 1. The van der Waals surface area contributed by atoms with Crippen LogP contribution in [0.2, 0.25) is 0 Å². The van der Waals surface area contributed by atoms with E-state index < -0.39 is 5.97 Å². The van der Waals surface area contributed by atoms with Gasteiger partial charge in [-0.3, -0.25) is 9.59 Å². The molecule has 0 bridgehead atoms. The highest BCUT2D eigenvalue weighted by atomic mass is 16.4. The SMILES string of the molecule is CC(CCNC(=O)CCN)CCC(=O)O. The molecule has 0 aromatic heterocycles. The van der Waals surface area contributed by atoms with Gasteiger partial charge in [-0.25, -0.2) is 0 Å². The predicted molar refractivity (Wildman–Crippen MR) is 57.3 cm³/mol. The van der Waals surface area contributed by atoms with Gasteiger partial charge in [-0.05, 0) is 18.8 Å². The van der Waals surface area contributed by atoms with Crippen LogP contribution in [0.5, 0.6) is 0 Å². The molecule has 5 nitrogen and oxygen atoms in total. The molecule has 0 heterocycles. The number of aliphatic carboxylic acids is 1. The summed E-state index contributed by atoms with van der Waals surface area (Å²) in [5.74, 6) is -0.490. The second-order valence-corrected chi connectivity index (χ2v) is 3.71. The molecule has 1 atom stereocenters. The maximum Gasteiger partial charge on any atom is 0.303 e. The van der Waals surface area contributed by atoms with Crippen molar-refractivity contribution >= 4 is 11.9 Å². The number of nitrogens with one attached hydrogen (secondary N) is 1. The molecule has 0 aromatic carbocycles. The number of amides is 1. The van der Waals surface area contributed by atoms with Crippen molar-refractivity contribution in [2.24, 2.45) is 11.7 Å². The maximum atomic E-state index is 11.0. The molecule has 1 unspecified atom stereocenters. The second-order valence-electron chi connectivity index (χ2n) is 3.71. The summed E-state index contributed by atoms with van der Waals surface area (Å²) in [7, 11) is 0. The van der Waals surface area contributed by atoms with Crippen molar-refractivity contribution in [3.05, 3.63) is 0 Å². The first-order valence-corrected chi connectivity index (χ1v) is 5.24. The summed E-state index contributed by atoms with van der Waals surface area (Å²) in [6.07, 6.45) is 2.01. The second kappa shape index (κ2) is 8.23. The summed E-state index contributed by atoms with van der Waals surface area (Å²) in [4.78, 5) is 21.3. The summed E-state index contributed by atoms with van der Waals surface area (Å²) in [5.41, 5.74) is 5.22. The van der Waals surface area contributed by atoms with Gasteiger partial charge in [0.15, 0.2) is 0 Å². The normalized spacial score (nSPS) is 12.1. The Kier molecular flexibility index (Phi) is 7.62. The molecule has 0 aromatic rings. The molecule has 4 N–H and O–H groups in total. The van der Waals surface area contributed by atoms with Gasteiger partial charge in [0.2, 0.25) is 5.91 Å². The molecular weight excluding hydrogens is 196 g/mol. The molecule has 0 aliphatic carbocycles. The van der Waals surface area contributed by atoms with Crippen LogP contribution in [0, 0.1) is 5.92 Å². The Morgan fingerprint density at radius 3 is 2.53 bits per heavy atom. The van der Waals surface area contributed by atoms with Crippen molar-refractivity contribution in [3.63, 3.8) is 0 Å². The van der Waals surface area contributed by atoms with Crippen LogP contribution < -0.4 is 11.1 Å². The van der Waals surface area contributed by atoms with E-state index in [9.17, 15) is 9.59 Å². The largest absolute Gasteiger partial charge is 0.481 e.